The molecule has 0 bridgehead atoms. The molecule has 1 atom stereocenters. The van der Waals surface area contributed by atoms with Gasteiger partial charge >= 0.3 is 0 Å². The second-order valence-electron chi connectivity index (χ2n) is 6.84. The van der Waals surface area contributed by atoms with Gasteiger partial charge in [-0.3, -0.25) is 4.79 Å². The first kappa shape index (κ1) is 18.9. The van der Waals surface area contributed by atoms with E-state index in [1.807, 2.05) is 61.5 Å². The highest BCUT2D eigenvalue weighted by Gasteiger charge is 2.37. The third-order valence-corrected chi connectivity index (χ3v) is 4.96. The molecule has 2 aromatic carbocycles. The maximum atomic E-state index is 13.2. The predicted molar refractivity (Wildman–Crippen MR) is 108 cm³/mol. The minimum absolute atomic E-state index is 0.0984. The lowest BCUT2D eigenvalue weighted by atomic mass is 10.0. The van der Waals surface area contributed by atoms with Crippen LogP contribution in [0.15, 0.2) is 64.3 Å². The standard InChI is InChI=1S/C22H22N4O3/c1-3-20-23-21(25-29-20)19-13-18(24-28-2)14-26(19)22(27)17-11-9-16(10-12-17)15-7-5-4-6-8-15/h4-12,19H,3,13-14H2,1-2H3/b24-18+. The number of carbonyl (C=O) groups is 1. The van der Waals surface area contributed by atoms with E-state index in [0.29, 0.717) is 36.7 Å². The highest BCUT2D eigenvalue weighted by atomic mass is 16.6. The Hall–Kier alpha value is -3.48. The number of carbonyl (C=O) groups excluding carboxylic acids is 1. The van der Waals surface area contributed by atoms with E-state index in [2.05, 4.69) is 15.3 Å². The van der Waals surface area contributed by atoms with Gasteiger partial charge in [0.25, 0.3) is 5.91 Å². The fourth-order valence-electron chi connectivity index (χ4n) is 3.49. The molecular formula is C22H22N4O3. The fourth-order valence-corrected chi connectivity index (χ4v) is 3.49. The van der Waals surface area contributed by atoms with Gasteiger partial charge in [-0.15, -0.1) is 0 Å². The van der Waals surface area contributed by atoms with Crippen LogP contribution in [-0.2, 0) is 11.3 Å². The average Bonchev–Trinajstić information content (AvgIpc) is 3.41. The Morgan fingerprint density at radius 2 is 1.90 bits per heavy atom. The molecule has 3 aromatic rings. The van der Waals surface area contributed by atoms with Crippen molar-refractivity contribution in [1.29, 1.82) is 0 Å². The molecule has 1 saturated heterocycles. The van der Waals surface area contributed by atoms with Crippen LogP contribution in [0.25, 0.3) is 11.1 Å². The highest BCUT2D eigenvalue weighted by molar-refractivity contribution is 6.00. The Morgan fingerprint density at radius 1 is 1.17 bits per heavy atom. The third kappa shape index (κ3) is 3.89. The van der Waals surface area contributed by atoms with Gasteiger partial charge in [0, 0.05) is 18.4 Å². The average molecular weight is 390 g/mol. The van der Waals surface area contributed by atoms with Crippen LogP contribution in [0.2, 0.25) is 0 Å². The number of hydrogen-bond acceptors (Lipinski definition) is 6. The third-order valence-electron chi connectivity index (χ3n) is 4.96. The molecular weight excluding hydrogens is 368 g/mol. The van der Waals surface area contributed by atoms with Crippen molar-refractivity contribution in [3.63, 3.8) is 0 Å². The van der Waals surface area contributed by atoms with Gasteiger partial charge in [0.15, 0.2) is 5.82 Å². The Labute approximate surface area is 169 Å². The molecule has 2 heterocycles. The van der Waals surface area contributed by atoms with Crippen LogP contribution in [0.1, 0.15) is 41.5 Å². The normalized spacial score (nSPS) is 17.7. The zero-order valence-electron chi connectivity index (χ0n) is 16.4. The quantitative estimate of drug-likeness (QED) is 0.618. The maximum absolute atomic E-state index is 13.2. The van der Waals surface area contributed by atoms with Crippen molar-refractivity contribution in [2.24, 2.45) is 5.16 Å². The monoisotopic (exact) mass is 390 g/mol. The van der Waals surface area contributed by atoms with Crippen molar-refractivity contribution < 1.29 is 14.2 Å². The number of oxime groups is 1. The van der Waals surface area contributed by atoms with Gasteiger partial charge in [-0.2, -0.15) is 4.98 Å². The van der Waals surface area contributed by atoms with E-state index >= 15 is 0 Å². The van der Waals surface area contributed by atoms with E-state index in [1.54, 1.807) is 4.90 Å². The summed E-state index contributed by atoms with van der Waals surface area (Å²) in [6.07, 6.45) is 1.16. The van der Waals surface area contributed by atoms with E-state index in [0.717, 1.165) is 16.8 Å². The van der Waals surface area contributed by atoms with Gasteiger partial charge in [-0.25, -0.2) is 0 Å². The minimum atomic E-state index is -0.325. The van der Waals surface area contributed by atoms with Gasteiger partial charge in [0.2, 0.25) is 5.89 Å². The molecule has 1 aliphatic heterocycles. The molecule has 1 amide bonds. The van der Waals surface area contributed by atoms with Gasteiger partial charge in [-0.05, 0) is 23.3 Å². The molecule has 1 aromatic heterocycles. The summed E-state index contributed by atoms with van der Waals surface area (Å²) in [5.41, 5.74) is 3.55. The number of aryl methyl sites for hydroxylation is 1. The first-order valence-corrected chi connectivity index (χ1v) is 9.57. The van der Waals surface area contributed by atoms with Crippen LogP contribution < -0.4 is 0 Å². The Kier molecular flexibility index (Phi) is 5.37. The Morgan fingerprint density at radius 3 is 2.55 bits per heavy atom. The highest BCUT2D eigenvalue weighted by Crippen LogP contribution is 2.31. The van der Waals surface area contributed by atoms with Gasteiger partial charge in [-0.1, -0.05) is 59.7 Å². The number of hydrogen-bond donors (Lipinski definition) is 0. The topological polar surface area (TPSA) is 80.8 Å². The van der Waals surface area contributed by atoms with Crippen LogP contribution in [0.5, 0.6) is 0 Å². The summed E-state index contributed by atoms with van der Waals surface area (Å²) < 4.78 is 5.25. The van der Waals surface area contributed by atoms with Gasteiger partial charge in [0.05, 0.1) is 12.3 Å². The van der Waals surface area contributed by atoms with E-state index in [-0.39, 0.29) is 11.9 Å². The molecule has 1 fully saturated rings. The van der Waals surface area contributed by atoms with Crippen LogP contribution in [0.4, 0.5) is 0 Å². The summed E-state index contributed by atoms with van der Waals surface area (Å²) in [5, 5.41) is 8.11. The summed E-state index contributed by atoms with van der Waals surface area (Å²) >= 11 is 0. The predicted octanol–water partition coefficient (Wildman–Crippen LogP) is 3.89. The minimum Gasteiger partial charge on any atom is -0.399 e. The van der Waals surface area contributed by atoms with E-state index in [4.69, 9.17) is 9.36 Å². The summed E-state index contributed by atoms with van der Waals surface area (Å²) in [5.74, 6) is 0.952. The summed E-state index contributed by atoms with van der Waals surface area (Å²) in [6.45, 7) is 2.31. The van der Waals surface area contributed by atoms with Crippen molar-refractivity contribution in [3.05, 3.63) is 71.9 Å². The van der Waals surface area contributed by atoms with Gasteiger partial charge in [0.1, 0.15) is 13.2 Å². The second-order valence-corrected chi connectivity index (χ2v) is 6.84. The molecule has 0 N–H and O–H groups in total. The van der Waals surface area contributed by atoms with Crippen molar-refractivity contribution in [3.8, 4) is 11.1 Å². The molecule has 0 radical (unpaired) electrons. The molecule has 29 heavy (non-hydrogen) atoms. The lowest BCUT2D eigenvalue weighted by Gasteiger charge is -2.21. The lowest BCUT2D eigenvalue weighted by Crippen LogP contribution is -2.31. The van der Waals surface area contributed by atoms with Crippen molar-refractivity contribution in [2.75, 3.05) is 13.7 Å². The summed E-state index contributed by atoms with van der Waals surface area (Å²) in [6, 6.07) is 17.4. The number of benzene rings is 2. The van der Waals surface area contributed by atoms with Crippen LogP contribution in [0.3, 0.4) is 0 Å². The number of aromatic nitrogens is 2. The first-order valence-electron chi connectivity index (χ1n) is 9.57. The van der Waals surface area contributed by atoms with Crippen molar-refractivity contribution in [1.82, 2.24) is 15.0 Å². The first-order chi connectivity index (χ1) is 14.2. The van der Waals surface area contributed by atoms with Gasteiger partial charge < -0.3 is 14.3 Å². The molecule has 7 heteroatoms. The largest absolute Gasteiger partial charge is 0.399 e. The number of likely N-dealkylation sites (tertiary alicyclic amines) is 1. The lowest BCUT2D eigenvalue weighted by molar-refractivity contribution is 0.0732. The molecule has 148 valence electrons. The smallest absolute Gasteiger partial charge is 0.254 e. The number of rotatable bonds is 5. The molecule has 1 unspecified atom stereocenters. The van der Waals surface area contributed by atoms with Crippen LogP contribution in [-0.4, -0.2) is 40.3 Å². The second kappa shape index (κ2) is 8.26. The van der Waals surface area contributed by atoms with E-state index in [1.165, 1.54) is 7.11 Å². The van der Waals surface area contributed by atoms with Crippen molar-refractivity contribution in [2.45, 2.75) is 25.8 Å². The number of nitrogens with zero attached hydrogens (tertiary/aromatic N) is 4. The van der Waals surface area contributed by atoms with Crippen molar-refractivity contribution >= 4 is 11.6 Å². The Bertz CT molecular complexity index is 1010. The van der Waals surface area contributed by atoms with E-state index < -0.39 is 0 Å². The zero-order chi connectivity index (χ0) is 20.2. The molecule has 1 aliphatic rings. The number of amides is 1. The fraction of sp³-hybridized carbons (Fsp3) is 0.273. The molecule has 7 nitrogen and oxygen atoms in total. The maximum Gasteiger partial charge on any atom is 0.254 e. The SMILES string of the molecule is CCc1nc(C2C/C(=N\OC)CN2C(=O)c2ccc(-c3ccccc3)cc2)no1. The summed E-state index contributed by atoms with van der Waals surface area (Å²) in [7, 11) is 1.50. The molecule has 0 spiro atoms. The van der Waals surface area contributed by atoms with E-state index in [9.17, 15) is 4.79 Å². The van der Waals surface area contributed by atoms with Crippen LogP contribution >= 0.6 is 0 Å². The Balaban J connectivity index is 1.60. The van der Waals surface area contributed by atoms with Crippen LogP contribution in [0, 0.1) is 0 Å². The molecule has 0 saturated carbocycles. The zero-order valence-corrected chi connectivity index (χ0v) is 16.4. The molecule has 0 aliphatic carbocycles. The molecule has 4 rings (SSSR count). The summed E-state index contributed by atoms with van der Waals surface area (Å²) in [4.78, 5) is 24.3.